The van der Waals surface area contributed by atoms with Crippen molar-refractivity contribution in [3.05, 3.63) is 34.8 Å². The summed E-state index contributed by atoms with van der Waals surface area (Å²) in [5.74, 6) is 1.04. The van der Waals surface area contributed by atoms with E-state index in [0.29, 0.717) is 16.6 Å². The largest absolute Gasteiger partial charge is 0.482 e. The molecule has 1 amide bonds. The van der Waals surface area contributed by atoms with Crippen LogP contribution < -0.4 is 14.8 Å². The summed E-state index contributed by atoms with van der Waals surface area (Å²) in [5.41, 5.74) is 1.09. The molecule has 2 atom stereocenters. The Morgan fingerprint density at radius 3 is 2.88 bits per heavy atom. The highest BCUT2D eigenvalue weighted by molar-refractivity contribution is 7.15. The molecule has 2 aliphatic rings. The van der Waals surface area contributed by atoms with E-state index in [0.717, 1.165) is 25.2 Å². The maximum Gasteiger partial charge on any atom is 0.271 e. The van der Waals surface area contributed by atoms with Crippen molar-refractivity contribution in [2.75, 3.05) is 18.9 Å². The Kier molecular flexibility index (Phi) is 3.90. The summed E-state index contributed by atoms with van der Waals surface area (Å²) in [6.45, 7) is 3.72. The van der Waals surface area contributed by atoms with Gasteiger partial charge in [-0.05, 0) is 26.1 Å². The molecule has 126 valence electrons. The number of rotatable bonds is 2. The average Bonchev–Trinajstić information content (AvgIpc) is 2.95. The zero-order valence-corrected chi connectivity index (χ0v) is 14.4. The molecule has 3 heterocycles. The maximum absolute atomic E-state index is 12.6. The van der Waals surface area contributed by atoms with Crippen molar-refractivity contribution in [3.8, 4) is 11.5 Å². The minimum Gasteiger partial charge on any atom is -0.482 e. The SMILES string of the molecule is C[C@@H]1Oc2ccccc2O[C@@H]1C(=O)Nc1nc2c(s1)CN(C)CC2. The van der Waals surface area contributed by atoms with Crippen LogP contribution in [0.1, 0.15) is 17.5 Å². The summed E-state index contributed by atoms with van der Waals surface area (Å²) < 4.78 is 11.6. The molecule has 1 N–H and O–H groups in total. The van der Waals surface area contributed by atoms with Gasteiger partial charge in [0.05, 0.1) is 5.69 Å². The number of carbonyl (C=O) groups excluding carboxylic acids is 1. The second-order valence-electron chi connectivity index (χ2n) is 6.17. The molecule has 0 bridgehead atoms. The summed E-state index contributed by atoms with van der Waals surface area (Å²) >= 11 is 1.54. The van der Waals surface area contributed by atoms with Gasteiger partial charge in [-0.15, -0.1) is 11.3 Å². The fraction of sp³-hybridized carbons (Fsp3) is 0.412. The van der Waals surface area contributed by atoms with E-state index in [-0.39, 0.29) is 12.0 Å². The number of aromatic nitrogens is 1. The number of nitrogens with one attached hydrogen (secondary N) is 1. The average molecular weight is 345 g/mol. The molecule has 1 aromatic heterocycles. The zero-order chi connectivity index (χ0) is 16.7. The number of carbonyl (C=O) groups is 1. The van der Waals surface area contributed by atoms with Gasteiger partial charge in [-0.25, -0.2) is 4.98 Å². The van der Waals surface area contributed by atoms with E-state index in [9.17, 15) is 4.79 Å². The number of para-hydroxylation sites is 2. The van der Waals surface area contributed by atoms with Crippen LogP contribution in [0.3, 0.4) is 0 Å². The lowest BCUT2D eigenvalue weighted by Crippen LogP contribution is -2.46. The van der Waals surface area contributed by atoms with Crippen molar-refractivity contribution >= 4 is 22.4 Å². The summed E-state index contributed by atoms with van der Waals surface area (Å²) in [4.78, 5) is 20.6. The third kappa shape index (κ3) is 2.85. The van der Waals surface area contributed by atoms with Gasteiger partial charge in [0, 0.05) is 24.4 Å². The van der Waals surface area contributed by atoms with E-state index in [1.807, 2.05) is 25.1 Å². The van der Waals surface area contributed by atoms with Crippen LogP contribution >= 0.6 is 11.3 Å². The Morgan fingerprint density at radius 2 is 2.08 bits per heavy atom. The number of fused-ring (bicyclic) bond motifs is 2. The van der Waals surface area contributed by atoms with Crippen molar-refractivity contribution in [1.82, 2.24) is 9.88 Å². The number of hydrogen-bond acceptors (Lipinski definition) is 6. The predicted octanol–water partition coefficient (Wildman–Crippen LogP) is 2.30. The molecule has 4 rings (SSSR count). The second kappa shape index (κ2) is 6.07. The third-order valence-corrected chi connectivity index (χ3v) is 5.25. The van der Waals surface area contributed by atoms with Crippen molar-refractivity contribution < 1.29 is 14.3 Å². The smallest absolute Gasteiger partial charge is 0.271 e. The van der Waals surface area contributed by atoms with Gasteiger partial charge in [0.1, 0.15) is 6.10 Å². The molecule has 7 heteroatoms. The number of ether oxygens (including phenoxy) is 2. The summed E-state index contributed by atoms with van der Waals surface area (Å²) in [5, 5.41) is 3.52. The molecule has 0 fully saturated rings. The van der Waals surface area contributed by atoms with Crippen LogP contribution in [0.4, 0.5) is 5.13 Å². The van der Waals surface area contributed by atoms with Crippen molar-refractivity contribution in [2.24, 2.45) is 0 Å². The van der Waals surface area contributed by atoms with Gasteiger partial charge in [0.25, 0.3) is 5.91 Å². The van der Waals surface area contributed by atoms with Crippen molar-refractivity contribution in [1.29, 1.82) is 0 Å². The first-order valence-corrected chi connectivity index (χ1v) is 8.82. The summed E-state index contributed by atoms with van der Waals surface area (Å²) in [7, 11) is 2.09. The number of anilines is 1. The van der Waals surface area contributed by atoms with Gasteiger partial charge in [0.15, 0.2) is 16.6 Å². The van der Waals surface area contributed by atoms with E-state index in [4.69, 9.17) is 9.47 Å². The van der Waals surface area contributed by atoms with Crippen molar-refractivity contribution in [2.45, 2.75) is 32.1 Å². The van der Waals surface area contributed by atoms with E-state index >= 15 is 0 Å². The minimum atomic E-state index is -0.691. The zero-order valence-electron chi connectivity index (χ0n) is 13.6. The Balaban J connectivity index is 1.49. The normalized spacial score (nSPS) is 22.8. The van der Waals surface area contributed by atoms with Gasteiger partial charge < -0.3 is 14.4 Å². The van der Waals surface area contributed by atoms with Gasteiger partial charge in [0.2, 0.25) is 6.10 Å². The highest BCUT2D eigenvalue weighted by Gasteiger charge is 2.34. The number of thiazole rings is 1. The van der Waals surface area contributed by atoms with E-state index < -0.39 is 6.10 Å². The van der Waals surface area contributed by atoms with Crippen molar-refractivity contribution in [3.63, 3.8) is 0 Å². The quantitative estimate of drug-likeness (QED) is 0.905. The topological polar surface area (TPSA) is 63.7 Å². The Morgan fingerprint density at radius 1 is 1.33 bits per heavy atom. The summed E-state index contributed by atoms with van der Waals surface area (Å²) in [6, 6.07) is 7.38. The number of amides is 1. The van der Waals surface area contributed by atoms with Gasteiger partial charge >= 0.3 is 0 Å². The predicted molar refractivity (Wildman–Crippen MR) is 91.7 cm³/mol. The Hall–Kier alpha value is -2.12. The molecule has 1 aromatic carbocycles. The Bertz CT molecular complexity index is 776. The molecule has 0 saturated heterocycles. The van der Waals surface area contributed by atoms with Crippen LogP contribution in [0.15, 0.2) is 24.3 Å². The molecule has 0 radical (unpaired) electrons. The maximum atomic E-state index is 12.6. The van der Waals surface area contributed by atoms with Crippen LogP contribution in [0.2, 0.25) is 0 Å². The van der Waals surface area contributed by atoms with Crippen LogP contribution in [0.25, 0.3) is 0 Å². The second-order valence-corrected chi connectivity index (χ2v) is 7.26. The first kappa shape index (κ1) is 15.4. The number of nitrogens with zero attached hydrogens (tertiary/aromatic N) is 2. The fourth-order valence-electron chi connectivity index (χ4n) is 2.96. The van der Waals surface area contributed by atoms with E-state index in [1.165, 1.54) is 16.2 Å². The molecule has 2 aliphatic heterocycles. The molecule has 2 aromatic rings. The molecule has 0 spiro atoms. The van der Waals surface area contributed by atoms with Crippen LogP contribution in [0, 0.1) is 0 Å². The monoisotopic (exact) mass is 345 g/mol. The highest BCUT2D eigenvalue weighted by Crippen LogP contribution is 2.34. The molecule has 6 nitrogen and oxygen atoms in total. The van der Waals surface area contributed by atoms with Gasteiger partial charge in [-0.1, -0.05) is 12.1 Å². The molecule has 0 aliphatic carbocycles. The fourth-order valence-corrected chi connectivity index (χ4v) is 4.05. The lowest BCUT2D eigenvalue weighted by molar-refractivity contribution is -0.128. The minimum absolute atomic E-state index is 0.226. The molecule has 0 unspecified atom stereocenters. The van der Waals surface area contributed by atoms with Gasteiger partial charge in [-0.3, -0.25) is 10.1 Å². The standard InChI is InChI=1S/C17H19N3O3S/c1-10-15(23-13-6-4-3-5-12(13)22-10)16(21)19-17-18-11-7-8-20(2)9-14(11)24-17/h3-6,10,15H,7-9H2,1-2H3,(H,18,19,21)/t10-,15-/m0/s1. The van der Waals surface area contributed by atoms with E-state index in [2.05, 4.69) is 22.2 Å². The summed E-state index contributed by atoms with van der Waals surface area (Å²) in [6.07, 6.45) is -0.130. The molecular weight excluding hydrogens is 326 g/mol. The van der Waals surface area contributed by atoms with Crippen LogP contribution in [0.5, 0.6) is 11.5 Å². The first-order chi connectivity index (χ1) is 11.6. The lowest BCUT2D eigenvalue weighted by atomic mass is 10.1. The lowest BCUT2D eigenvalue weighted by Gasteiger charge is -2.30. The van der Waals surface area contributed by atoms with Gasteiger partial charge in [-0.2, -0.15) is 0 Å². The molecule has 24 heavy (non-hydrogen) atoms. The van der Waals surface area contributed by atoms with Crippen LogP contribution in [-0.4, -0.2) is 41.6 Å². The number of benzene rings is 1. The third-order valence-electron chi connectivity index (χ3n) is 4.25. The molecule has 0 saturated carbocycles. The molecular formula is C17H19N3O3S. The number of likely N-dealkylation sites (N-methyl/N-ethyl adjacent to an activating group) is 1. The Labute approximate surface area is 144 Å². The van der Waals surface area contributed by atoms with Crippen LogP contribution in [-0.2, 0) is 17.8 Å². The highest BCUT2D eigenvalue weighted by atomic mass is 32.1. The number of hydrogen-bond donors (Lipinski definition) is 1. The first-order valence-electron chi connectivity index (χ1n) is 8.00. The van der Waals surface area contributed by atoms with E-state index in [1.54, 1.807) is 6.07 Å².